The van der Waals surface area contributed by atoms with Gasteiger partial charge in [0.1, 0.15) is 12.0 Å². The van der Waals surface area contributed by atoms with Crippen LogP contribution in [0.25, 0.3) is 11.5 Å². The van der Waals surface area contributed by atoms with E-state index in [-0.39, 0.29) is 5.69 Å². The maximum absolute atomic E-state index is 12.3. The molecule has 1 heterocycles. The van der Waals surface area contributed by atoms with Gasteiger partial charge in [-0.3, -0.25) is 4.79 Å². The van der Waals surface area contributed by atoms with E-state index in [0.717, 1.165) is 5.56 Å². The van der Waals surface area contributed by atoms with Crippen LogP contribution in [-0.4, -0.2) is 18.0 Å². The fourth-order valence-corrected chi connectivity index (χ4v) is 2.27. The van der Waals surface area contributed by atoms with Crippen LogP contribution in [0.15, 0.2) is 53.1 Å². The van der Waals surface area contributed by atoms with E-state index in [9.17, 15) is 4.79 Å². The van der Waals surface area contributed by atoms with Crippen LogP contribution < -0.4 is 15.8 Å². The van der Waals surface area contributed by atoms with E-state index in [1.54, 1.807) is 42.5 Å². The van der Waals surface area contributed by atoms with E-state index in [4.69, 9.17) is 26.5 Å². The molecule has 1 aromatic heterocycles. The third-order valence-electron chi connectivity index (χ3n) is 3.30. The maximum atomic E-state index is 12.3. The zero-order chi connectivity index (χ0) is 17.1. The summed E-state index contributed by atoms with van der Waals surface area (Å²) in [5.41, 5.74) is 7.60. The van der Waals surface area contributed by atoms with Crippen LogP contribution in [0, 0.1) is 0 Å². The van der Waals surface area contributed by atoms with Gasteiger partial charge in [-0.2, -0.15) is 0 Å². The molecular formula is C17H14ClN3O3. The number of nitrogen functional groups attached to an aromatic ring is 1. The summed E-state index contributed by atoms with van der Waals surface area (Å²) >= 11 is 5.95. The van der Waals surface area contributed by atoms with Crippen molar-refractivity contribution in [3.63, 3.8) is 0 Å². The number of anilines is 2. The SMILES string of the molecule is COc1ccc(Cl)cc1NC(=O)c1coc(-c2ccc(N)cc2)n1. The lowest BCUT2D eigenvalue weighted by atomic mass is 10.2. The van der Waals surface area contributed by atoms with Gasteiger partial charge < -0.3 is 20.2 Å². The average molecular weight is 344 g/mol. The predicted molar refractivity (Wildman–Crippen MR) is 92.3 cm³/mol. The highest BCUT2D eigenvalue weighted by Gasteiger charge is 2.15. The number of ether oxygens (including phenoxy) is 1. The topological polar surface area (TPSA) is 90.4 Å². The molecule has 0 radical (unpaired) electrons. The molecule has 0 aliphatic heterocycles. The summed E-state index contributed by atoms with van der Waals surface area (Å²) in [6.07, 6.45) is 1.29. The van der Waals surface area contributed by atoms with Crippen molar-refractivity contribution in [2.45, 2.75) is 0 Å². The van der Waals surface area contributed by atoms with Crippen molar-refractivity contribution in [1.29, 1.82) is 0 Å². The van der Waals surface area contributed by atoms with Crippen molar-refractivity contribution in [3.8, 4) is 17.2 Å². The summed E-state index contributed by atoms with van der Waals surface area (Å²) in [7, 11) is 1.51. The van der Waals surface area contributed by atoms with E-state index in [1.807, 2.05) is 0 Å². The van der Waals surface area contributed by atoms with Crippen LogP contribution in [0.3, 0.4) is 0 Å². The Morgan fingerprint density at radius 3 is 2.71 bits per heavy atom. The summed E-state index contributed by atoms with van der Waals surface area (Å²) in [5.74, 6) is 0.397. The Kier molecular flexibility index (Phi) is 4.39. The van der Waals surface area contributed by atoms with Crippen molar-refractivity contribution < 1.29 is 13.9 Å². The molecule has 6 nitrogen and oxygen atoms in total. The van der Waals surface area contributed by atoms with Crippen LogP contribution in [-0.2, 0) is 0 Å². The lowest BCUT2D eigenvalue weighted by Gasteiger charge is -2.09. The molecule has 1 amide bonds. The van der Waals surface area contributed by atoms with Gasteiger partial charge in [0, 0.05) is 16.3 Å². The van der Waals surface area contributed by atoms with Crippen molar-refractivity contribution in [3.05, 3.63) is 59.4 Å². The Morgan fingerprint density at radius 2 is 2.00 bits per heavy atom. The monoisotopic (exact) mass is 343 g/mol. The predicted octanol–water partition coefficient (Wildman–Crippen LogP) is 3.84. The molecule has 0 aliphatic rings. The minimum absolute atomic E-state index is 0.142. The second-order valence-electron chi connectivity index (χ2n) is 4.96. The second-order valence-corrected chi connectivity index (χ2v) is 5.40. The third-order valence-corrected chi connectivity index (χ3v) is 3.54. The summed E-state index contributed by atoms with van der Waals surface area (Å²) in [6.45, 7) is 0. The number of amides is 1. The zero-order valence-corrected chi connectivity index (χ0v) is 13.5. The van der Waals surface area contributed by atoms with Crippen LogP contribution in [0.2, 0.25) is 5.02 Å². The molecule has 3 aromatic rings. The highest BCUT2D eigenvalue weighted by Crippen LogP contribution is 2.28. The highest BCUT2D eigenvalue weighted by molar-refractivity contribution is 6.31. The number of halogens is 1. The van der Waals surface area contributed by atoms with E-state index < -0.39 is 5.91 Å². The normalized spacial score (nSPS) is 10.4. The van der Waals surface area contributed by atoms with Crippen molar-refractivity contribution in [1.82, 2.24) is 4.98 Å². The largest absolute Gasteiger partial charge is 0.495 e. The van der Waals surface area contributed by atoms with Gasteiger partial charge in [0.2, 0.25) is 5.89 Å². The number of oxazole rings is 1. The van der Waals surface area contributed by atoms with Gasteiger partial charge in [0.25, 0.3) is 5.91 Å². The van der Waals surface area contributed by atoms with Crippen LogP contribution in [0.4, 0.5) is 11.4 Å². The van der Waals surface area contributed by atoms with Crippen molar-refractivity contribution in [2.24, 2.45) is 0 Å². The molecule has 0 saturated heterocycles. The summed E-state index contributed by atoms with van der Waals surface area (Å²) in [6, 6.07) is 11.9. The molecule has 3 rings (SSSR count). The third kappa shape index (κ3) is 3.33. The Morgan fingerprint density at radius 1 is 1.25 bits per heavy atom. The molecule has 3 N–H and O–H groups in total. The number of carbonyl (C=O) groups excluding carboxylic acids is 1. The average Bonchev–Trinajstić information content (AvgIpc) is 3.06. The fraction of sp³-hybridized carbons (Fsp3) is 0.0588. The number of hydrogen-bond donors (Lipinski definition) is 2. The Hall–Kier alpha value is -2.99. The molecule has 0 fully saturated rings. The lowest BCUT2D eigenvalue weighted by Crippen LogP contribution is -2.13. The molecule has 122 valence electrons. The molecule has 24 heavy (non-hydrogen) atoms. The quantitative estimate of drug-likeness (QED) is 0.702. The Balaban J connectivity index is 1.81. The van der Waals surface area contributed by atoms with E-state index >= 15 is 0 Å². The maximum Gasteiger partial charge on any atom is 0.277 e. The van der Waals surface area contributed by atoms with Crippen molar-refractivity contribution >= 4 is 28.9 Å². The van der Waals surface area contributed by atoms with Gasteiger partial charge in [-0.05, 0) is 42.5 Å². The number of aromatic nitrogens is 1. The summed E-state index contributed by atoms with van der Waals surface area (Å²) in [5, 5.41) is 3.18. The van der Waals surface area contributed by atoms with Gasteiger partial charge in [-0.15, -0.1) is 0 Å². The molecule has 0 saturated carbocycles. The Bertz CT molecular complexity index is 875. The van der Waals surface area contributed by atoms with Gasteiger partial charge in [0.05, 0.1) is 12.8 Å². The summed E-state index contributed by atoms with van der Waals surface area (Å²) < 4.78 is 10.6. The summed E-state index contributed by atoms with van der Waals surface area (Å²) in [4.78, 5) is 16.5. The van der Waals surface area contributed by atoms with Gasteiger partial charge in [-0.1, -0.05) is 11.6 Å². The first-order valence-electron chi connectivity index (χ1n) is 7.03. The second kappa shape index (κ2) is 6.64. The first kappa shape index (κ1) is 15.9. The number of hydrogen-bond acceptors (Lipinski definition) is 5. The first-order chi connectivity index (χ1) is 11.6. The number of methoxy groups -OCH3 is 1. The number of nitrogens with one attached hydrogen (secondary N) is 1. The number of carbonyl (C=O) groups is 1. The first-order valence-corrected chi connectivity index (χ1v) is 7.41. The minimum atomic E-state index is -0.430. The fourth-order valence-electron chi connectivity index (χ4n) is 2.10. The van der Waals surface area contributed by atoms with Gasteiger partial charge in [0.15, 0.2) is 5.69 Å². The van der Waals surface area contributed by atoms with Crippen molar-refractivity contribution in [2.75, 3.05) is 18.2 Å². The van der Waals surface area contributed by atoms with Crippen LogP contribution >= 0.6 is 11.6 Å². The standard InChI is InChI=1S/C17H14ClN3O3/c1-23-15-7-4-11(18)8-13(15)20-16(22)14-9-24-17(21-14)10-2-5-12(19)6-3-10/h2-9H,19H2,1H3,(H,20,22). The van der Waals surface area contributed by atoms with Gasteiger partial charge >= 0.3 is 0 Å². The zero-order valence-electron chi connectivity index (χ0n) is 12.7. The lowest BCUT2D eigenvalue weighted by molar-refractivity contribution is 0.102. The minimum Gasteiger partial charge on any atom is -0.495 e. The molecule has 0 bridgehead atoms. The number of rotatable bonds is 4. The van der Waals surface area contributed by atoms with E-state index in [0.29, 0.717) is 28.0 Å². The molecule has 7 heteroatoms. The molecule has 0 spiro atoms. The number of nitrogens with zero attached hydrogens (tertiary/aromatic N) is 1. The van der Waals surface area contributed by atoms with E-state index in [2.05, 4.69) is 10.3 Å². The smallest absolute Gasteiger partial charge is 0.277 e. The highest BCUT2D eigenvalue weighted by atomic mass is 35.5. The molecule has 0 atom stereocenters. The molecule has 0 unspecified atom stereocenters. The molecule has 2 aromatic carbocycles. The molecular weight excluding hydrogens is 330 g/mol. The van der Waals surface area contributed by atoms with E-state index in [1.165, 1.54) is 13.4 Å². The van der Waals surface area contributed by atoms with Crippen LogP contribution in [0.5, 0.6) is 5.75 Å². The van der Waals surface area contributed by atoms with Gasteiger partial charge in [-0.25, -0.2) is 4.98 Å². The van der Waals surface area contributed by atoms with Crippen LogP contribution in [0.1, 0.15) is 10.5 Å². The number of benzene rings is 2. The molecule has 0 aliphatic carbocycles. The Labute approximate surface area is 143 Å². The number of nitrogens with two attached hydrogens (primary N) is 1.